The number of nitrogens with zero attached hydrogens (tertiary/aromatic N) is 2. The van der Waals surface area contributed by atoms with Crippen LogP contribution in [-0.2, 0) is 7.05 Å². The number of halogens is 2. The highest BCUT2D eigenvalue weighted by molar-refractivity contribution is 5.97. The quantitative estimate of drug-likeness (QED) is 0.263. The monoisotopic (exact) mass is 572 g/mol. The summed E-state index contributed by atoms with van der Waals surface area (Å²) in [5.74, 6) is -3.31. The summed E-state index contributed by atoms with van der Waals surface area (Å²) in [7, 11) is 1.49. The van der Waals surface area contributed by atoms with Crippen LogP contribution in [0.15, 0.2) is 92.9 Å². The number of nitrogens with two attached hydrogens (primary N) is 1. The molecule has 9 nitrogen and oxygen atoms in total. The Labute approximate surface area is 238 Å². The molecule has 0 saturated heterocycles. The van der Waals surface area contributed by atoms with Crippen molar-refractivity contribution in [2.75, 3.05) is 11.9 Å². The van der Waals surface area contributed by atoms with Gasteiger partial charge in [-0.1, -0.05) is 43.3 Å². The van der Waals surface area contributed by atoms with Crippen molar-refractivity contribution in [2.45, 2.75) is 18.9 Å². The van der Waals surface area contributed by atoms with Crippen LogP contribution in [0.1, 0.15) is 46.1 Å². The Hall–Kier alpha value is -5.32. The number of aromatic nitrogens is 2. The highest BCUT2D eigenvalue weighted by Crippen LogP contribution is 2.29. The number of pyridine rings is 1. The molecule has 1 amide bonds. The van der Waals surface area contributed by atoms with Crippen molar-refractivity contribution in [3.05, 3.63) is 134 Å². The largest absolute Gasteiger partial charge is 0.491 e. The van der Waals surface area contributed by atoms with Gasteiger partial charge in [-0.25, -0.2) is 23.4 Å². The molecule has 0 aliphatic carbocycles. The second-order valence-corrected chi connectivity index (χ2v) is 9.70. The summed E-state index contributed by atoms with van der Waals surface area (Å²) in [6.07, 6.45) is 0. The summed E-state index contributed by atoms with van der Waals surface area (Å²) in [5.41, 5.74) is 7.19. The molecule has 0 saturated carbocycles. The van der Waals surface area contributed by atoms with Crippen LogP contribution >= 0.6 is 0 Å². The van der Waals surface area contributed by atoms with E-state index in [4.69, 9.17) is 14.9 Å². The molecule has 0 fully saturated rings. The van der Waals surface area contributed by atoms with Crippen molar-refractivity contribution >= 4 is 22.6 Å². The number of aryl methyl sites for hydroxylation is 1. The van der Waals surface area contributed by atoms with Crippen LogP contribution in [0.4, 0.5) is 14.6 Å². The number of fused-ring (bicyclic) bond motifs is 1. The maximum absolute atomic E-state index is 13.9. The van der Waals surface area contributed by atoms with Crippen LogP contribution in [0.3, 0.4) is 0 Å². The molecule has 0 aliphatic heterocycles. The Morgan fingerprint density at radius 3 is 2.48 bits per heavy atom. The molecule has 5 rings (SSSR count). The molecule has 2 atom stereocenters. The lowest BCUT2D eigenvalue weighted by atomic mass is 9.96. The zero-order chi connectivity index (χ0) is 30.0. The molecule has 3 N–H and O–H groups in total. The van der Waals surface area contributed by atoms with Gasteiger partial charge in [0.2, 0.25) is 0 Å². The molecule has 0 radical (unpaired) electrons. The van der Waals surface area contributed by atoms with Gasteiger partial charge in [0.1, 0.15) is 18.2 Å². The van der Waals surface area contributed by atoms with E-state index in [9.17, 15) is 23.2 Å². The summed E-state index contributed by atoms with van der Waals surface area (Å²) in [6.45, 7) is 1.82. The van der Waals surface area contributed by atoms with E-state index < -0.39 is 40.9 Å². The smallest absolute Gasteiger partial charge is 0.422 e. The molecule has 0 spiro atoms. The number of carbonyl (C=O) groups excluding carboxylic acids is 1. The molecule has 11 heteroatoms. The van der Waals surface area contributed by atoms with Crippen LogP contribution in [0.2, 0.25) is 0 Å². The van der Waals surface area contributed by atoms with Crippen molar-refractivity contribution < 1.29 is 22.7 Å². The Bertz CT molecular complexity index is 1910. The summed E-state index contributed by atoms with van der Waals surface area (Å²) >= 11 is 0. The third-order valence-electron chi connectivity index (χ3n) is 7.00. The first kappa shape index (κ1) is 28.2. The normalized spacial score (nSPS) is 12.6. The summed E-state index contributed by atoms with van der Waals surface area (Å²) in [4.78, 5) is 41.1. The molecule has 0 bridgehead atoms. The van der Waals surface area contributed by atoms with Crippen molar-refractivity contribution in [1.82, 2.24) is 9.55 Å². The zero-order valence-electron chi connectivity index (χ0n) is 22.6. The number of benzene rings is 3. The first-order valence-electron chi connectivity index (χ1n) is 13.0. The average molecular weight is 573 g/mol. The third-order valence-corrected chi connectivity index (χ3v) is 7.00. The first-order valence-corrected chi connectivity index (χ1v) is 13.0. The van der Waals surface area contributed by atoms with E-state index in [-0.39, 0.29) is 23.4 Å². The zero-order valence-corrected chi connectivity index (χ0v) is 22.6. The molecule has 3 aromatic carbocycles. The van der Waals surface area contributed by atoms with E-state index in [0.717, 1.165) is 17.7 Å². The lowest BCUT2D eigenvalue weighted by molar-refractivity contribution is 0.100. The van der Waals surface area contributed by atoms with Crippen LogP contribution in [-0.4, -0.2) is 22.1 Å². The number of hydrogen-bond donors (Lipinski definition) is 2. The fourth-order valence-corrected chi connectivity index (χ4v) is 4.59. The maximum atomic E-state index is 13.9. The van der Waals surface area contributed by atoms with E-state index in [1.807, 2.05) is 30.3 Å². The number of primary amides is 1. The van der Waals surface area contributed by atoms with Gasteiger partial charge in [0.25, 0.3) is 5.91 Å². The van der Waals surface area contributed by atoms with Crippen LogP contribution in [0.25, 0.3) is 10.9 Å². The van der Waals surface area contributed by atoms with Crippen molar-refractivity contribution in [3.8, 4) is 5.75 Å². The van der Waals surface area contributed by atoms with Gasteiger partial charge in [-0.15, -0.1) is 0 Å². The lowest BCUT2D eigenvalue weighted by Gasteiger charge is -2.23. The summed E-state index contributed by atoms with van der Waals surface area (Å²) < 4.78 is 39.4. The minimum Gasteiger partial charge on any atom is -0.491 e. The number of amides is 1. The van der Waals surface area contributed by atoms with E-state index in [2.05, 4.69) is 10.3 Å². The second kappa shape index (κ2) is 11.7. The Morgan fingerprint density at radius 2 is 1.76 bits per heavy atom. The van der Waals surface area contributed by atoms with E-state index in [1.54, 1.807) is 25.1 Å². The van der Waals surface area contributed by atoms with E-state index in [1.165, 1.54) is 29.8 Å². The number of nitrogens with one attached hydrogen (secondary N) is 1. The third kappa shape index (κ3) is 5.75. The van der Waals surface area contributed by atoms with Gasteiger partial charge in [0, 0.05) is 13.0 Å². The molecule has 42 heavy (non-hydrogen) atoms. The van der Waals surface area contributed by atoms with E-state index in [0.29, 0.717) is 22.5 Å². The minimum atomic E-state index is -0.971. The van der Waals surface area contributed by atoms with Crippen LogP contribution in [0.5, 0.6) is 5.75 Å². The fraction of sp³-hybridized carbons (Fsp3) is 0.161. The maximum Gasteiger partial charge on any atom is 0.422 e. The van der Waals surface area contributed by atoms with Crippen LogP contribution < -0.4 is 27.2 Å². The van der Waals surface area contributed by atoms with Crippen molar-refractivity contribution in [2.24, 2.45) is 12.8 Å². The van der Waals surface area contributed by atoms with Gasteiger partial charge >= 0.3 is 11.4 Å². The number of ether oxygens (including phenoxy) is 1. The highest BCUT2D eigenvalue weighted by Gasteiger charge is 2.21. The summed E-state index contributed by atoms with van der Waals surface area (Å²) in [6, 6.07) is 20.2. The van der Waals surface area contributed by atoms with Crippen molar-refractivity contribution in [1.29, 1.82) is 0 Å². The van der Waals surface area contributed by atoms with Gasteiger partial charge < -0.3 is 20.2 Å². The molecule has 2 aromatic heterocycles. The minimum absolute atomic E-state index is 0.0372. The molecule has 0 aliphatic rings. The molecule has 5 aromatic rings. The average Bonchev–Trinajstić information content (AvgIpc) is 2.99. The number of hydrogen-bond acceptors (Lipinski definition) is 7. The topological polar surface area (TPSA) is 129 Å². The molecule has 0 unspecified atom stereocenters. The Morgan fingerprint density at radius 1 is 1.00 bits per heavy atom. The van der Waals surface area contributed by atoms with Gasteiger partial charge in [-0.2, -0.15) is 0 Å². The summed E-state index contributed by atoms with van der Waals surface area (Å²) in [5, 5.41) is 3.43. The first-order chi connectivity index (χ1) is 20.1. The Balaban J connectivity index is 1.47. The SMILES string of the molecule is C[C@@H](c1ccc(F)c(F)c1)c1ccc(C(N)=O)c(N[C@@H](COc2ccc3c(c2)c(=O)oc(=O)n3C)c2ccccc2)n1. The highest BCUT2D eigenvalue weighted by atomic mass is 19.2. The molecular weight excluding hydrogens is 546 g/mol. The van der Waals surface area contributed by atoms with Gasteiger partial charge in [-0.3, -0.25) is 9.36 Å². The molecule has 214 valence electrons. The van der Waals surface area contributed by atoms with Gasteiger partial charge in [0.05, 0.1) is 28.2 Å². The lowest BCUT2D eigenvalue weighted by Crippen LogP contribution is -2.24. The number of carbonyl (C=O) groups is 1. The second-order valence-electron chi connectivity index (χ2n) is 9.70. The van der Waals surface area contributed by atoms with Gasteiger partial charge in [0.15, 0.2) is 11.6 Å². The predicted molar refractivity (Wildman–Crippen MR) is 153 cm³/mol. The molecule has 2 heterocycles. The van der Waals surface area contributed by atoms with Crippen molar-refractivity contribution in [3.63, 3.8) is 0 Å². The van der Waals surface area contributed by atoms with Crippen LogP contribution in [0, 0.1) is 11.6 Å². The predicted octanol–water partition coefficient (Wildman–Crippen LogP) is 4.65. The number of anilines is 1. The number of rotatable bonds is 9. The van der Waals surface area contributed by atoms with Gasteiger partial charge in [-0.05, 0) is 53.6 Å². The fourth-order valence-electron chi connectivity index (χ4n) is 4.59. The standard InChI is InChI=1S/C31H26F2N4O5/c1-17(19-8-11-23(32)24(33)14-19)25-12-10-21(28(34)38)29(35-25)36-26(18-6-4-3-5-7-18)16-41-20-9-13-27-22(15-20)30(39)42-31(40)37(27)2/h3-15,17,26H,16H2,1-2H3,(H2,34,38)(H,35,36)/t17-,26-/m0/s1. The molecular formula is C31H26F2N4O5. The Kier molecular flexibility index (Phi) is 7.83. The van der Waals surface area contributed by atoms with E-state index >= 15 is 0 Å².